The van der Waals surface area contributed by atoms with E-state index in [1.807, 2.05) is 23.5 Å². The van der Waals surface area contributed by atoms with Crippen molar-refractivity contribution >= 4 is 11.8 Å². The van der Waals surface area contributed by atoms with Crippen molar-refractivity contribution in [1.82, 2.24) is 15.1 Å². The van der Waals surface area contributed by atoms with Gasteiger partial charge in [0.25, 0.3) is 0 Å². The number of aryl methyl sites for hydroxylation is 2. The lowest BCUT2D eigenvalue weighted by molar-refractivity contribution is 0.251. The molecular formula is C15H27N3S. The van der Waals surface area contributed by atoms with Crippen LogP contribution in [0.5, 0.6) is 0 Å². The van der Waals surface area contributed by atoms with Gasteiger partial charge in [0.05, 0.1) is 10.7 Å². The smallest absolute Gasteiger partial charge is 0.0942 e. The van der Waals surface area contributed by atoms with Crippen molar-refractivity contribution in [2.45, 2.75) is 56.9 Å². The van der Waals surface area contributed by atoms with E-state index in [4.69, 9.17) is 0 Å². The highest BCUT2D eigenvalue weighted by Crippen LogP contribution is 2.39. The molecule has 4 heteroatoms. The Morgan fingerprint density at radius 1 is 1.42 bits per heavy atom. The van der Waals surface area contributed by atoms with Crippen molar-refractivity contribution in [1.29, 1.82) is 0 Å². The first-order valence-electron chi connectivity index (χ1n) is 7.42. The van der Waals surface area contributed by atoms with Gasteiger partial charge in [-0.2, -0.15) is 5.10 Å². The van der Waals surface area contributed by atoms with Crippen molar-refractivity contribution in [3.05, 3.63) is 11.8 Å². The van der Waals surface area contributed by atoms with Crippen LogP contribution in [0.2, 0.25) is 0 Å². The van der Waals surface area contributed by atoms with Crippen LogP contribution >= 0.6 is 11.8 Å². The van der Waals surface area contributed by atoms with Gasteiger partial charge in [-0.25, -0.2) is 0 Å². The predicted octanol–water partition coefficient (Wildman–Crippen LogP) is 3.23. The average Bonchev–Trinajstić information content (AvgIpc) is 2.62. The molecule has 1 N–H and O–H groups in total. The molecule has 1 fully saturated rings. The maximum atomic E-state index is 4.46. The summed E-state index contributed by atoms with van der Waals surface area (Å²) < 4.78 is 2.02. The van der Waals surface area contributed by atoms with Crippen molar-refractivity contribution < 1.29 is 0 Å². The maximum Gasteiger partial charge on any atom is 0.0942 e. The SMILES string of the molecule is CCNC1CC(C)CC(C)C1Sc1cc(C)nn1C. The third kappa shape index (κ3) is 3.54. The third-order valence-electron chi connectivity index (χ3n) is 4.07. The van der Waals surface area contributed by atoms with Gasteiger partial charge in [0.1, 0.15) is 0 Å². The van der Waals surface area contributed by atoms with Crippen LogP contribution in [-0.2, 0) is 7.05 Å². The standard InChI is InChI=1S/C15H27N3S/c1-6-16-13-8-10(2)7-11(3)15(13)19-14-9-12(4)17-18(14)5/h9-11,13,15-16H,6-8H2,1-5H3. The molecule has 1 aliphatic rings. The number of aromatic nitrogens is 2. The van der Waals surface area contributed by atoms with E-state index < -0.39 is 0 Å². The first kappa shape index (κ1) is 14.9. The molecule has 1 aromatic rings. The van der Waals surface area contributed by atoms with Gasteiger partial charge in [-0.3, -0.25) is 4.68 Å². The molecule has 1 aliphatic carbocycles. The van der Waals surface area contributed by atoms with Gasteiger partial charge in [0.15, 0.2) is 0 Å². The molecular weight excluding hydrogens is 254 g/mol. The zero-order valence-electron chi connectivity index (χ0n) is 12.8. The summed E-state index contributed by atoms with van der Waals surface area (Å²) in [5.41, 5.74) is 1.11. The molecule has 0 radical (unpaired) electrons. The molecule has 0 spiro atoms. The van der Waals surface area contributed by atoms with Crippen LogP contribution in [-0.4, -0.2) is 27.6 Å². The minimum Gasteiger partial charge on any atom is -0.313 e. The highest BCUT2D eigenvalue weighted by molar-refractivity contribution is 8.00. The summed E-state index contributed by atoms with van der Waals surface area (Å²) in [6.07, 6.45) is 2.64. The molecule has 0 aromatic carbocycles. The zero-order chi connectivity index (χ0) is 14.0. The number of nitrogens with one attached hydrogen (secondary N) is 1. The quantitative estimate of drug-likeness (QED) is 0.919. The number of hydrogen-bond donors (Lipinski definition) is 1. The largest absolute Gasteiger partial charge is 0.313 e. The summed E-state index contributed by atoms with van der Waals surface area (Å²) in [5, 5.41) is 10.1. The molecule has 0 bridgehead atoms. The second-order valence-corrected chi connectivity index (χ2v) is 7.25. The molecule has 1 saturated carbocycles. The van der Waals surface area contributed by atoms with Crippen LogP contribution < -0.4 is 5.32 Å². The molecule has 108 valence electrons. The molecule has 3 nitrogen and oxygen atoms in total. The van der Waals surface area contributed by atoms with Gasteiger partial charge in [0, 0.05) is 18.3 Å². The second-order valence-electron chi connectivity index (χ2n) is 6.05. The summed E-state index contributed by atoms with van der Waals surface area (Å²) in [5.74, 6) is 1.59. The molecule has 1 aromatic heterocycles. The second kappa shape index (κ2) is 6.31. The van der Waals surface area contributed by atoms with E-state index in [2.05, 4.69) is 44.2 Å². The molecule has 4 atom stereocenters. The van der Waals surface area contributed by atoms with E-state index >= 15 is 0 Å². The van der Waals surface area contributed by atoms with E-state index in [0.717, 1.165) is 24.1 Å². The lowest BCUT2D eigenvalue weighted by Gasteiger charge is -2.39. The molecule has 2 rings (SSSR count). The van der Waals surface area contributed by atoms with Crippen molar-refractivity contribution in [2.24, 2.45) is 18.9 Å². The highest BCUT2D eigenvalue weighted by atomic mass is 32.2. The summed E-state index contributed by atoms with van der Waals surface area (Å²) in [7, 11) is 2.05. The number of nitrogens with zero attached hydrogens (tertiary/aromatic N) is 2. The molecule has 0 saturated heterocycles. The van der Waals surface area contributed by atoms with Gasteiger partial charge in [0.2, 0.25) is 0 Å². The van der Waals surface area contributed by atoms with Gasteiger partial charge in [-0.15, -0.1) is 11.8 Å². The van der Waals surface area contributed by atoms with Crippen LogP contribution in [0.25, 0.3) is 0 Å². The zero-order valence-corrected chi connectivity index (χ0v) is 13.6. The van der Waals surface area contributed by atoms with Crippen LogP contribution in [0.1, 0.15) is 39.3 Å². The van der Waals surface area contributed by atoms with Crippen molar-refractivity contribution in [3.63, 3.8) is 0 Å². The van der Waals surface area contributed by atoms with Crippen LogP contribution in [0, 0.1) is 18.8 Å². The Kier molecular flexibility index (Phi) is 4.96. The lowest BCUT2D eigenvalue weighted by Crippen LogP contribution is -2.46. The Morgan fingerprint density at radius 3 is 2.74 bits per heavy atom. The Morgan fingerprint density at radius 2 is 2.16 bits per heavy atom. The van der Waals surface area contributed by atoms with Gasteiger partial charge in [-0.1, -0.05) is 20.8 Å². The first-order valence-corrected chi connectivity index (χ1v) is 8.29. The third-order valence-corrected chi connectivity index (χ3v) is 5.76. The summed E-state index contributed by atoms with van der Waals surface area (Å²) in [6, 6.07) is 2.84. The fourth-order valence-electron chi connectivity index (χ4n) is 3.33. The number of thioether (sulfide) groups is 1. The lowest BCUT2D eigenvalue weighted by atomic mass is 9.80. The van der Waals surface area contributed by atoms with Crippen molar-refractivity contribution in [2.75, 3.05) is 6.54 Å². The number of rotatable bonds is 4. The molecule has 1 heterocycles. The minimum atomic E-state index is 0.629. The summed E-state index contributed by atoms with van der Waals surface area (Å²) >= 11 is 2.01. The molecule has 19 heavy (non-hydrogen) atoms. The fourth-order valence-corrected chi connectivity index (χ4v) is 4.75. The van der Waals surface area contributed by atoms with Crippen molar-refractivity contribution in [3.8, 4) is 0 Å². The van der Waals surface area contributed by atoms with Crippen LogP contribution in [0.15, 0.2) is 11.1 Å². The highest BCUT2D eigenvalue weighted by Gasteiger charge is 2.34. The molecule has 0 amide bonds. The minimum absolute atomic E-state index is 0.629. The van der Waals surface area contributed by atoms with E-state index in [1.54, 1.807) is 0 Å². The van der Waals surface area contributed by atoms with Gasteiger partial charge < -0.3 is 5.32 Å². The van der Waals surface area contributed by atoms with Gasteiger partial charge >= 0.3 is 0 Å². The maximum absolute atomic E-state index is 4.46. The fraction of sp³-hybridized carbons (Fsp3) is 0.800. The Balaban J connectivity index is 2.12. The van der Waals surface area contributed by atoms with Crippen LogP contribution in [0.4, 0.5) is 0 Å². The van der Waals surface area contributed by atoms with E-state index in [0.29, 0.717) is 11.3 Å². The Hall–Kier alpha value is -0.480. The molecule has 4 unspecified atom stereocenters. The van der Waals surface area contributed by atoms with Crippen LogP contribution in [0.3, 0.4) is 0 Å². The summed E-state index contributed by atoms with van der Waals surface area (Å²) in [6.45, 7) is 10.1. The van der Waals surface area contributed by atoms with E-state index in [1.165, 1.54) is 17.9 Å². The predicted molar refractivity (Wildman–Crippen MR) is 82.6 cm³/mol. The topological polar surface area (TPSA) is 29.9 Å². The number of hydrogen-bond acceptors (Lipinski definition) is 3. The first-order chi connectivity index (χ1) is 9.01. The average molecular weight is 281 g/mol. The molecule has 0 aliphatic heterocycles. The Bertz CT molecular complexity index is 416. The van der Waals surface area contributed by atoms with E-state index in [-0.39, 0.29) is 0 Å². The normalized spacial score (nSPS) is 31.6. The van der Waals surface area contributed by atoms with Gasteiger partial charge in [-0.05, 0) is 44.2 Å². The monoisotopic (exact) mass is 281 g/mol. The summed E-state index contributed by atoms with van der Waals surface area (Å²) in [4.78, 5) is 0. The van der Waals surface area contributed by atoms with E-state index in [9.17, 15) is 0 Å². The Labute approximate surface area is 121 Å².